The minimum atomic E-state index is -1.24. The molecule has 0 fully saturated rings. The highest BCUT2D eigenvalue weighted by Gasteiger charge is 2.26. The molecule has 0 saturated heterocycles. The smallest absolute Gasteiger partial charge is 0.328 e. The van der Waals surface area contributed by atoms with Crippen molar-refractivity contribution in [1.29, 1.82) is 0 Å². The molecule has 1 rings (SSSR count). The van der Waals surface area contributed by atoms with Gasteiger partial charge in [0.05, 0.1) is 26.2 Å². The molecule has 0 aliphatic rings. The van der Waals surface area contributed by atoms with Gasteiger partial charge in [-0.2, -0.15) is 0 Å². The van der Waals surface area contributed by atoms with Crippen LogP contribution in [0.5, 0.6) is 0 Å². The Morgan fingerprint density at radius 1 is 1.20 bits per heavy atom. The summed E-state index contributed by atoms with van der Waals surface area (Å²) in [6.45, 7) is 0. The van der Waals surface area contributed by atoms with Gasteiger partial charge in [-0.15, -0.1) is 0 Å². The van der Waals surface area contributed by atoms with E-state index >= 15 is 0 Å². The van der Waals surface area contributed by atoms with Crippen molar-refractivity contribution in [2.75, 3.05) is 14.2 Å². The number of amides is 1. The average Bonchev–Trinajstić information content (AvgIpc) is 2.45. The molecule has 0 unspecified atom stereocenters. The molecule has 1 aromatic rings. The van der Waals surface area contributed by atoms with Crippen molar-refractivity contribution in [3.8, 4) is 0 Å². The third-order valence-electron chi connectivity index (χ3n) is 2.51. The van der Waals surface area contributed by atoms with E-state index in [0.29, 0.717) is 0 Å². The number of hydrogen-bond donors (Lipinski definition) is 1. The van der Waals surface area contributed by atoms with E-state index in [0.717, 1.165) is 20.3 Å². The number of esters is 2. The van der Waals surface area contributed by atoms with Crippen LogP contribution < -0.4 is 5.32 Å². The predicted octanol–water partition coefficient (Wildman–Crippen LogP) is 0.660. The van der Waals surface area contributed by atoms with Gasteiger partial charge in [0.15, 0.2) is 0 Å². The topological polar surface area (TPSA) is 81.7 Å². The van der Waals surface area contributed by atoms with E-state index in [1.165, 1.54) is 18.2 Å². The standard InChI is InChI=1S/C13H14FNO5/c1-19-11(16)7-10(13(18)20-2)15-12(17)8-5-3-4-6-9(8)14/h3-6,10H,7H2,1-2H3,(H,15,17)/t10-/m0/s1. The maximum Gasteiger partial charge on any atom is 0.328 e. The zero-order valence-electron chi connectivity index (χ0n) is 11.0. The second-order valence-corrected chi connectivity index (χ2v) is 3.81. The Labute approximate surface area is 114 Å². The average molecular weight is 283 g/mol. The maximum atomic E-state index is 13.4. The Bertz CT molecular complexity index is 517. The van der Waals surface area contributed by atoms with Crippen LogP contribution in [0.1, 0.15) is 16.8 Å². The molecule has 1 atom stereocenters. The molecule has 6 nitrogen and oxygen atoms in total. The Morgan fingerprint density at radius 3 is 2.40 bits per heavy atom. The summed E-state index contributed by atoms with van der Waals surface area (Å²) >= 11 is 0. The van der Waals surface area contributed by atoms with Crippen molar-refractivity contribution < 1.29 is 28.2 Å². The number of halogens is 1. The molecule has 108 valence electrons. The molecule has 7 heteroatoms. The van der Waals surface area contributed by atoms with Crippen molar-refractivity contribution in [2.45, 2.75) is 12.5 Å². The first kappa shape index (κ1) is 15.6. The number of carbonyl (C=O) groups is 3. The molecule has 0 aliphatic heterocycles. The van der Waals surface area contributed by atoms with Crippen LogP contribution in [0.4, 0.5) is 4.39 Å². The van der Waals surface area contributed by atoms with Gasteiger partial charge in [-0.3, -0.25) is 9.59 Å². The number of benzene rings is 1. The molecule has 0 radical (unpaired) electrons. The quantitative estimate of drug-likeness (QED) is 0.803. The molecule has 0 bridgehead atoms. The molecule has 0 aliphatic carbocycles. The molecule has 1 amide bonds. The van der Waals surface area contributed by atoms with Crippen molar-refractivity contribution in [3.63, 3.8) is 0 Å². The van der Waals surface area contributed by atoms with E-state index in [1.54, 1.807) is 0 Å². The van der Waals surface area contributed by atoms with E-state index in [2.05, 4.69) is 14.8 Å². The first-order chi connectivity index (χ1) is 9.49. The molecule has 20 heavy (non-hydrogen) atoms. The predicted molar refractivity (Wildman–Crippen MR) is 66.3 cm³/mol. The number of methoxy groups -OCH3 is 2. The lowest BCUT2D eigenvalue weighted by atomic mass is 10.1. The Kier molecular flexibility index (Phi) is 5.64. The minimum absolute atomic E-state index is 0.230. The van der Waals surface area contributed by atoms with E-state index < -0.39 is 36.1 Å². The third kappa shape index (κ3) is 4.04. The van der Waals surface area contributed by atoms with Crippen LogP contribution in [0.2, 0.25) is 0 Å². The van der Waals surface area contributed by atoms with Gasteiger partial charge in [0, 0.05) is 0 Å². The van der Waals surface area contributed by atoms with Crippen molar-refractivity contribution in [1.82, 2.24) is 5.32 Å². The largest absolute Gasteiger partial charge is 0.469 e. The van der Waals surface area contributed by atoms with Crippen LogP contribution in [0.3, 0.4) is 0 Å². The van der Waals surface area contributed by atoms with E-state index in [9.17, 15) is 18.8 Å². The van der Waals surface area contributed by atoms with E-state index in [4.69, 9.17) is 0 Å². The third-order valence-corrected chi connectivity index (χ3v) is 2.51. The summed E-state index contributed by atoms with van der Waals surface area (Å²) < 4.78 is 22.3. The summed E-state index contributed by atoms with van der Waals surface area (Å²) in [5, 5.41) is 2.24. The van der Waals surface area contributed by atoms with Crippen LogP contribution in [-0.2, 0) is 19.1 Å². The molecule has 0 heterocycles. The van der Waals surface area contributed by atoms with Crippen LogP contribution in [0, 0.1) is 5.82 Å². The van der Waals surface area contributed by atoms with E-state index in [-0.39, 0.29) is 5.56 Å². The van der Waals surface area contributed by atoms with Gasteiger partial charge in [-0.05, 0) is 12.1 Å². The highest BCUT2D eigenvalue weighted by atomic mass is 19.1. The van der Waals surface area contributed by atoms with Crippen molar-refractivity contribution >= 4 is 17.8 Å². The normalized spacial score (nSPS) is 11.3. The Balaban J connectivity index is 2.84. The summed E-state index contributed by atoms with van der Waals surface area (Å²) in [7, 11) is 2.26. The summed E-state index contributed by atoms with van der Waals surface area (Å²) in [6, 6.07) is 4.04. The van der Waals surface area contributed by atoms with Crippen LogP contribution >= 0.6 is 0 Å². The lowest BCUT2D eigenvalue weighted by Crippen LogP contribution is -2.43. The zero-order valence-corrected chi connectivity index (χ0v) is 11.0. The van der Waals surface area contributed by atoms with Crippen molar-refractivity contribution in [2.24, 2.45) is 0 Å². The SMILES string of the molecule is COC(=O)C[C@H](NC(=O)c1ccccc1F)C(=O)OC. The number of hydrogen-bond acceptors (Lipinski definition) is 5. The Morgan fingerprint density at radius 2 is 1.85 bits per heavy atom. The van der Waals surface area contributed by atoms with Crippen LogP contribution in [0.25, 0.3) is 0 Å². The van der Waals surface area contributed by atoms with Crippen LogP contribution in [-0.4, -0.2) is 38.1 Å². The summed E-state index contributed by atoms with van der Waals surface area (Å²) in [4.78, 5) is 34.5. The van der Waals surface area contributed by atoms with Crippen molar-refractivity contribution in [3.05, 3.63) is 35.6 Å². The second-order valence-electron chi connectivity index (χ2n) is 3.81. The lowest BCUT2D eigenvalue weighted by Gasteiger charge is -2.15. The highest BCUT2D eigenvalue weighted by molar-refractivity contribution is 5.97. The molecular formula is C13H14FNO5. The highest BCUT2D eigenvalue weighted by Crippen LogP contribution is 2.07. The first-order valence-electron chi connectivity index (χ1n) is 5.69. The monoisotopic (exact) mass is 283 g/mol. The molecule has 1 N–H and O–H groups in total. The Hall–Kier alpha value is -2.44. The molecule has 0 saturated carbocycles. The van der Waals surface area contributed by atoms with Gasteiger partial charge in [0.2, 0.25) is 0 Å². The minimum Gasteiger partial charge on any atom is -0.469 e. The molecule has 0 aromatic heterocycles. The van der Waals surface area contributed by atoms with Gasteiger partial charge in [0.1, 0.15) is 11.9 Å². The maximum absolute atomic E-state index is 13.4. The van der Waals surface area contributed by atoms with Gasteiger partial charge in [-0.1, -0.05) is 12.1 Å². The summed E-state index contributed by atoms with van der Waals surface area (Å²) in [6.07, 6.45) is -0.399. The lowest BCUT2D eigenvalue weighted by molar-refractivity contribution is -0.149. The van der Waals surface area contributed by atoms with Gasteiger partial charge in [-0.25, -0.2) is 9.18 Å². The molecule has 0 spiro atoms. The van der Waals surface area contributed by atoms with E-state index in [1.807, 2.05) is 0 Å². The fraction of sp³-hybridized carbons (Fsp3) is 0.308. The van der Waals surface area contributed by atoms with Gasteiger partial charge in [0.25, 0.3) is 5.91 Å². The first-order valence-corrected chi connectivity index (χ1v) is 5.69. The summed E-state index contributed by atoms with van der Waals surface area (Å²) in [5.74, 6) is -3.07. The van der Waals surface area contributed by atoms with Gasteiger partial charge < -0.3 is 14.8 Å². The number of rotatable bonds is 5. The molecule has 1 aromatic carbocycles. The zero-order chi connectivity index (χ0) is 15.1. The number of nitrogens with one attached hydrogen (secondary N) is 1. The second kappa shape index (κ2) is 7.22. The molecular weight excluding hydrogens is 269 g/mol. The summed E-state index contributed by atoms with van der Waals surface area (Å²) in [5.41, 5.74) is -0.230. The fourth-order valence-corrected chi connectivity index (χ4v) is 1.47. The van der Waals surface area contributed by atoms with Gasteiger partial charge >= 0.3 is 11.9 Å². The number of ether oxygens (including phenoxy) is 2. The fourth-order valence-electron chi connectivity index (χ4n) is 1.47. The van der Waals surface area contributed by atoms with Crippen LogP contribution in [0.15, 0.2) is 24.3 Å². The number of carbonyl (C=O) groups excluding carboxylic acids is 3.